The van der Waals surface area contributed by atoms with Gasteiger partial charge >= 0.3 is 6.18 Å². The van der Waals surface area contributed by atoms with Crippen molar-refractivity contribution in [2.24, 2.45) is 0 Å². The van der Waals surface area contributed by atoms with Crippen molar-refractivity contribution in [3.8, 4) is 0 Å². The first-order chi connectivity index (χ1) is 19.7. The first kappa shape index (κ1) is 36.1. The van der Waals surface area contributed by atoms with Gasteiger partial charge in [-0.1, -0.05) is 37.3 Å². The highest BCUT2D eigenvalue weighted by Crippen LogP contribution is 2.30. The fourth-order valence-corrected chi connectivity index (χ4v) is 7.03. The quantitative estimate of drug-likeness (QED) is 0.289. The van der Waals surface area contributed by atoms with Gasteiger partial charge in [-0.2, -0.15) is 13.2 Å². The van der Waals surface area contributed by atoms with E-state index < -0.39 is 52.7 Å². The van der Waals surface area contributed by atoms with Gasteiger partial charge in [0, 0.05) is 6.20 Å². The summed E-state index contributed by atoms with van der Waals surface area (Å²) in [7, 11) is -7.17. The van der Waals surface area contributed by atoms with E-state index in [1.165, 1.54) is 39.0 Å². The van der Waals surface area contributed by atoms with Crippen LogP contribution in [0.15, 0.2) is 42.6 Å². The molecule has 43 heavy (non-hydrogen) atoms. The van der Waals surface area contributed by atoms with Crippen LogP contribution >= 0.6 is 11.3 Å². The molecule has 238 valence electrons. The summed E-state index contributed by atoms with van der Waals surface area (Å²) in [5.41, 5.74) is -0.171. The zero-order valence-corrected chi connectivity index (χ0v) is 27.0. The monoisotopic (exact) mass is 664 g/mol. The Labute approximate surface area is 253 Å². The number of pyridine rings is 1. The molecule has 3 rings (SSSR count). The van der Waals surface area contributed by atoms with E-state index in [0.29, 0.717) is 24.2 Å². The molecule has 16 heteroatoms. The molecular formula is C27H35F3N4O6S3. The highest BCUT2D eigenvalue weighted by molar-refractivity contribution is 7.93. The summed E-state index contributed by atoms with van der Waals surface area (Å²) < 4.78 is 83.4. The van der Waals surface area contributed by atoms with Gasteiger partial charge in [-0.05, 0) is 64.8 Å². The second-order valence-corrected chi connectivity index (χ2v) is 16.8. The van der Waals surface area contributed by atoms with Crippen LogP contribution < -0.4 is 10.6 Å². The Kier molecular flexibility index (Phi) is 11.5. The molecule has 0 radical (unpaired) electrons. The van der Waals surface area contributed by atoms with E-state index in [9.17, 15) is 39.6 Å². The number of anilines is 2. The van der Waals surface area contributed by atoms with Crippen LogP contribution in [-0.4, -0.2) is 59.6 Å². The third-order valence-electron chi connectivity index (χ3n) is 6.44. The SMILES string of the molecule is CCCS(=O)(=O)C(C)(C)C(=O)Nc1ccc(C(F)(F)F)cn1.CCCS(=O)(=O)C(C)(C)C(=O)Nc1nc2ccccc2s1. The average molecular weight is 665 g/mol. The van der Waals surface area contributed by atoms with Crippen molar-refractivity contribution < 1.29 is 39.6 Å². The number of benzene rings is 1. The molecule has 0 aliphatic heterocycles. The number of fused-ring (bicyclic) bond motifs is 1. The molecule has 0 atom stereocenters. The lowest BCUT2D eigenvalue weighted by molar-refractivity contribution is -0.137. The zero-order chi connectivity index (χ0) is 32.9. The average Bonchev–Trinajstić information content (AvgIpc) is 3.31. The van der Waals surface area contributed by atoms with Gasteiger partial charge in [-0.25, -0.2) is 26.8 Å². The van der Waals surface area contributed by atoms with E-state index in [4.69, 9.17) is 0 Å². The standard InChI is InChI=1S/C14H18N2O3S2.C13H17F3N2O3S/c1-4-9-21(18,19)14(2,3)12(17)16-13-15-10-7-5-6-8-11(10)20-13;1-4-7-22(20,21)12(2,3)11(19)18-10-6-5-9(8-17-10)13(14,15)16/h5-8H,4,9H2,1-3H3,(H,15,16,17);5-6,8H,4,7H2,1-3H3,(H,17,18,19). The van der Waals surface area contributed by atoms with Gasteiger partial charge in [0.2, 0.25) is 11.8 Å². The lowest BCUT2D eigenvalue weighted by atomic mass is 10.2. The molecule has 3 aromatic rings. The van der Waals surface area contributed by atoms with Crippen LogP contribution in [-0.2, 0) is 35.4 Å². The second kappa shape index (κ2) is 13.7. The number of thiazole rings is 1. The van der Waals surface area contributed by atoms with E-state index in [2.05, 4.69) is 20.6 Å². The minimum absolute atomic E-state index is 0.00668. The van der Waals surface area contributed by atoms with Crippen LogP contribution in [0.5, 0.6) is 0 Å². The van der Waals surface area contributed by atoms with E-state index in [0.717, 1.165) is 22.3 Å². The summed E-state index contributed by atoms with van der Waals surface area (Å²) in [6, 6.07) is 9.24. The summed E-state index contributed by atoms with van der Waals surface area (Å²) in [4.78, 5) is 32.2. The number of halogens is 3. The van der Waals surface area contributed by atoms with E-state index >= 15 is 0 Å². The zero-order valence-electron chi connectivity index (χ0n) is 24.6. The summed E-state index contributed by atoms with van der Waals surface area (Å²) in [6.45, 7) is 8.80. The van der Waals surface area contributed by atoms with Crippen LogP contribution in [0.25, 0.3) is 10.2 Å². The Balaban J connectivity index is 0.000000300. The van der Waals surface area contributed by atoms with Gasteiger partial charge < -0.3 is 10.6 Å². The molecule has 0 aliphatic carbocycles. The Morgan fingerprint density at radius 2 is 1.33 bits per heavy atom. The molecule has 0 saturated carbocycles. The number of amides is 2. The molecular weight excluding hydrogens is 630 g/mol. The topological polar surface area (TPSA) is 152 Å². The minimum atomic E-state index is -4.53. The first-order valence-electron chi connectivity index (χ1n) is 13.2. The molecule has 0 spiro atoms. The fourth-order valence-electron chi connectivity index (χ4n) is 3.41. The lowest BCUT2D eigenvalue weighted by Crippen LogP contribution is -2.45. The predicted molar refractivity (Wildman–Crippen MR) is 162 cm³/mol. The fraction of sp³-hybridized carbons (Fsp3) is 0.481. The van der Waals surface area contributed by atoms with E-state index in [1.807, 2.05) is 24.3 Å². The molecule has 1 aromatic carbocycles. The Hall–Kier alpha value is -3.11. The highest BCUT2D eigenvalue weighted by Gasteiger charge is 2.42. The van der Waals surface area contributed by atoms with Crippen LogP contribution in [0.4, 0.5) is 24.1 Å². The molecule has 2 heterocycles. The number of hydrogen-bond acceptors (Lipinski definition) is 9. The smallest absolute Gasteiger partial charge is 0.309 e. The molecule has 2 N–H and O–H groups in total. The van der Waals surface area contributed by atoms with Gasteiger partial charge in [0.1, 0.15) is 15.3 Å². The van der Waals surface area contributed by atoms with Crippen molar-refractivity contribution >= 4 is 64.0 Å². The van der Waals surface area contributed by atoms with Gasteiger partial charge in [0.05, 0.1) is 27.3 Å². The predicted octanol–water partition coefficient (Wildman–Crippen LogP) is 5.48. The maximum atomic E-state index is 12.4. The van der Waals surface area contributed by atoms with Crippen molar-refractivity contribution in [3.63, 3.8) is 0 Å². The summed E-state index contributed by atoms with van der Waals surface area (Å²) in [6.07, 6.45) is -3.11. The van der Waals surface area contributed by atoms with Crippen LogP contribution in [0, 0.1) is 0 Å². The van der Waals surface area contributed by atoms with Crippen LogP contribution in [0.2, 0.25) is 0 Å². The summed E-state index contributed by atoms with van der Waals surface area (Å²) in [5, 5.41) is 5.27. The van der Waals surface area contributed by atoms with Crippen molar-refractivity contribution in [1.29, 1.82) is 0 Å². The van der Waals surface area contributed by atoms with Gasteiger partial charge in [-0.15, -0.1) is 0 Å². The van der Waals surface area contributed by atoms with Crippen LogP contribution in [0.1, 0.15) is 59.9 Å². The first-order valence-corrected chi connectivity index (χ1v) is 17.3. The largest absolute Gasteiger partial charge is 0.417 e. The maximum Gasteiger partial charge on any atom is 0.417 e. The van der Waals surface area contributed by atoms with E-state index in [-0.39, 0.29) is 17.3 Å². The maximum absolute atomic E-state index is 12.4. The molecule has 0 fully saturated rings. The number of sulfone groups is 2. The normalized spacial score (nSPS) is 12.8. The Morgan fingerprint density at radius 3 is 1.77 bits per heavy atom. The number of nitrogens with one attached hydrogen (secondary N) is 2. The molecule has 10 nitrogen and oxygen atoms in total. The summed E-state index contributed by atoms with van der Waals surface area (Å²) in [5.74, 6) is -1.69. The number of rotatable bonds is 10. The Morgan fingerprint density at radius 1 is 0.814 bits per heavy atom. The molecule has 0 unspecified atom stereocenters. The minimum Gasteiger partial charge on any atom is -0.309 e. The number of aromatic nitrogens is 2. The number of hydrogen-bond donors (Lipinski definition) is 2. The van der Waals surface area contributed by atoms with Gasteiger partial charge in [-0.3, -0.25) is 9.59 Å². The molecule has 0 aliphatic rings. The van der Waals surface area contributed by atoms with Crippen molar-refractivity contribution in [2.45, 2.75) is 70.1 Å². The van der Waals surface area contributed by atoms with Crippen molar-refractivity contribution in [2.75, 3.05) is 22.1 Å². The number of carbonyl (C=O) groups excluding carboxylic acids is 2. The number of nitrogens with zero attached hydrogens (tertiary/aromatic N) is 2. The number of alkyl halides is 3. The van der Waals surface area contributed by atoms with Crippen molar-refractivity contribution in [1.82, 2.24) is 9.97 Å². The molecule has 2 amide bonds. The van der Waals surface area contributed by atoms with Crippen LogP contribution in [0.3, 0.4) is 0 Å². The highest BCUT2D eigenvalue weighted by atomic mass is 32.2. The van der Waals surface area contributed by atoms with E-state index in [1.54, 1.807) is 13.8 Å². The Bertz CT molecular complexity index is 1620. The molecule has 0 bridgehead atoms. The number of carbonyl (C=O) groups is 2. The van der Waals surface area contributed by atoms with Gasteiger partial charge in [0.15, 0.2) is 24.8 Å². The third-order valence-corrected chi connectivity index (χ3v) is 12.8. The molecule has 0 saturated heterocycles. The van der Waals surface area contributed by atoms with Gasteiger partial charge in [0.25, 0.3) is 0 Å². The second-order valence-electron chi connectivity index (χ2n) is 10.5. The van der Waals surface area contributed by atoms with Crippen molar-refractivity contribution in [3.05, 3.63) is 48.2 Å². The molecule has 2 aromatic heterocycles. The number of para-hydroxylation sites is 1. The lowest BCUT2D eigenvalue weighted by Gasteiger charge is -2.23. The third kappa shape index (κ3) is 8.72. The summed E-state index contributed by atoms with van der Waals surface area (Å²) >= 11 is 1.33.